The molecule has 4 heteroatoms. The number of carboxylic acid groups (broad SMARTS) is 1. The lowest BCUT2D eigenvalue weighted by Crippen LogP contribution is -2.12. The molecule has 3 N–H and O–H groups in total. The molecule has 0 spiro atoms. The zero-order valence-corrected chi connectivity index (χ0v) is 8.10. The monoisotopic (exact) mass is 208 g/mol. The van der Waals surface area contributed by atoms with Crippen molar-refractivity contribution in [3.63, 3.8) is 0 Å². The molecule has 0 radical (unpaired) electrons. The lowest BCUT2D eigenvalue weighted by atomic mass is 9.91. The number of phenolic OH excluding ortho intramolecular Hbond substituents is 2. The number of carboxylic acids is 1. The minimum absolute atomic E-state index is 0.00398. The van der Waals surface area contributed by atoms with Crippen LogP contribution in [0.25, 0.3) is 0 Å². The van der Waals surface area contributed by atoms with Crippen LogP contribution in [0.5, 0.6) is 11.5 Å². The van der Waals surface area contributed by atoms with Crippen LogP contribution in [0.4, 0.5) is 0 Å². The molecular weight excluding hydrogens is 196 g/mol. The number of rotatable bonds is 3. The largest absolute Gasteiger partial charge is 0.508 e. The van der Waals surface area contributed by atoms with E-state index < -0.39 is 11.4 Å². The number of aliphatic carboxylic acids is 1. The Kier molecular flexibility index (Phi) is 2.07. The maximum atomic E-state index is 10.7. The van der Waals surface area contributed by atoms with E-state index >= 15 is 0 Å². The number of hydrogen-bond acceptors (Lipinski definition) is 3. The van der Waals surface area contributed by atoms with Crippen molar-refractivity contribution >= 4 is 5.97 Å². The number of phenols is 2. The molecule has 80 valence electrons. The highest BCUT2D eigenvalue weighted by molar-refractivity contribution is 5.70. The maximum absolute atomic E-state index is 10.7. The standard InChI is InChI=1S/C11H12O4/c12-7-1-2-9(13)8(5-7)11(3-4-11)6-10(14)15/h1-2,5,12-13H,3-4,6H2,(H,14,15). The van der Waals surface area contributed by atoms with Gasteiger partial charge in [0.25, 0.3) is 0 Å². The Morgan fingerprint density at radius 2 is 2.00 bits per heavy atom. The maximum Gasteiger partial charge on any atom is 0.304 e. The molecule has 0 bridgehead atoms. The van der Waals surface area contributed by atoms with Crippen LogP contribution in [0.15, 0.2) is 18.2 Å². The molecule has 0 atom stereocenters. The van der Waals surface area contributed by atoms with Crippen LogP contribution < -0.4 is 0 Å². The molecule has 1 aromatic rings. The molecule has 1 saturated carbocycles. The number of hydrogen-bond donors (Lipinski definition) is 3. The molecule has 0 saturated heterocycles. The highest BCUT2D eigenvalue weighted by atomic mass is 16.4. The second-order valence-electron chi connectivity index (χ2n) is 4.05. The topological polar surface area (TPSA) is 77.8 Å². The fraction of sp³-hybridized carbons (Fsp3) is 0.364. The van der Waals surface area contributed by atoms with E-state index in [1.165, 1.54) is 18.2 Å². The number of carbonyl (C=O) groups is 1. The molecule has 0 aliphatic heterocycles. The molecule has 4 nitrogen and oxygen atoms in total. The normalized spacial score (nSPS) is 17.3. The summed E-state index contributed by atoms with van der Waals surface area (Å²) in [5, 5.41) is 27.7. The molecule has 15 heavy (non-hydrogen) atoms. The Bertz CT molecular complexity index is 407. The summed E-state index contributed by atoms with van der Waals surface area (Å²) in [6.07, 6.45) is 1.50. The van der Waals surface area contributed by atoms with Gasteiger partial charge in [-0.25, -0.2) is 0 Å². The average molecular weight is 208 g/mol. The van der Waals surface area contributed by atoms with Crippen molar-refractivity contribution in [2.45, 2.75) is 24.7 Å². The summed E-state index contributed by atoms with van der Waals surface area (Å²) in [4.78, 5) is 10.7. The quantitative estimate of drug-likeness (QED) is 0.659. The van der Waals surface area contributed by atoms with E-state index in [4.69, 9.17) is 5.11 Å². The van der Waals surface area contributed by atoms with Gasteiger partial charge in [-0.15, -0.1) is 0 Å². The van der Waals surface area contributed by atoms with Gasteiger partial charge in [-0.1, -0.05) is 0 Å². The lowest BCUT2D eigenvalue weighted by Gasteiger charge is -2.14. The van der Waals surface area contributed by atoms with Gasteiger partial charge in [-0.3, -0.25) is 4.79 Å². The Labute approximate surface area is 86.8 Å². The van der Waals surface area contributed by atoms with E-state index in [-0.39, 0.29) is 17.9 Å². The SMILES string of the molecule is O=C(O)CC1(c2cc(O)ccc2O)CC1. The number of benzene rings is 1. The molecule has 1 aromatic carbocycles. The van der Waals surface area contributed by atoms with Crippen LogP contribution in [0.1, 0.15) is 24.8 Å². The molecule has 1 fully saturated rings. The molecule has 1 aliphatic carbocycles. The third-order valence-electron chi connectivity index (χ3n) is 2.89. The smallest absolute Gasteiger partial charge is 0.304 e. The van der Waals surface area contributed by atoms with E-state index in [0.717, 1.165) is 12.8 Å². The van der Waals surface area contributed by atoms with Crippen molar-refractivity contribution < 1.29 is 20.1 Å². The predicted octanol–water partition coefficient (Wildman–Crippen LogP) is 1.60. The molecule has 0 aromatic heterocycles. The van der Waals surface area contributed by atoms with Crippen molar-refractivity contribution in [1.29, 1.82) is 0 Å². The summed E-state index contributed by atoms with van der Waals surface area (Å²) in [7, 11) is 0. The molecule has 2 rings (SSSR count). The Morgan fingerprint density at radius 1 is 1.33 bits per heavy atom. The van der Waals surface area contributed by atoms with Gasteiger partial charge in [-0.2, -0.15) is 0 Å². The van der Waals surface area contributed by atoms with Gasteiger partial charge < -0.3 is 15.3 Å². The zero-order chi connectivity index (χ0) is 11.1. The van der Waals surface area contributed by atoms with Crippen LogP contribution in [-0.2, 0) is 10.2 Å². The summed E-state index contributed by atoms with van der Waals surface area (Å²) < 4.78 is 0. The van der Waals surface area contributed by atoms with Crippen LogP contribution in [-0.4, -0.2) is 21.3 Å². The van der Waals surface area contributed by atoms with Gasteiger partial charge in [0.05, 0.1) is 6.42 Å². The van der Waals surface area contributed by atoms with Crippen molar-refractivity contribution in [2.24, 2.45) is 0 Å². The summed E-state index contributed by atoms with van der Waals surface area (Å²) in [6, 6.07) is 4.23. The summed E-state index contributed by atoms with van der Waals surface area (Å²) >= 11 is 0. The molecule has 0 heterocycles. The van der Waals surface area contributed by atoms with E-state index in [0.29, 0.717) is 5.56 Å². The fourth-order valence-electron chi connectivity index (χ4n) is 1.93. The van der Waals surface area contributed by atoms with Gasteiger partial charge in [0.1, 0.15) is 11.5 Å². The van der Waals surface area contributed by atoms with Gasteiger partial charge in [0.15, 0.2) is 0 Å². The van der Waals surface area contributed by atoms with Crippen LogP contribution in [0.3, 0.4) is 0 Å². The van der Waals surface area contributed by atoms with Gasteiger partial charge in [0, 0.05) is 11.0 Å². The van der Waals surface area contributed by atoms with Gasteiger partial charge in [-0.05, 0) is 31.0 Å². The Balaban J connectivity index is 2.36. The van der Waals surface area contributed by atoms with E-state index in [2.05, 4.69) is 0 Å². The van der Waals surface area contributed by atoms with E-state index in [1.807, 2.05) is 0 Å². The minimum Gasteiger partial charge on any atom is -0.508 e. The first-order valence-corrected chi connectivity index (χ1v) is 4.78. The van der Waals surface area contributed by atoms with Gasteiger partial charge >= 0.3 is 5.97 Å². The lowest BCUT2D eigenvalue weighted by molar-refractivity contribution is -0.137. The summed E-state index contributed by atoms with van der Waals surface area (Å²) in [5.41, 5.74) is 0.0826. The third kappa shape index (κ3) is 1.75. The van der Waals surface area contributed by atoms with E-state index in [1.54, 1.807) is 0 Å². The van der Waals surface area contributed by atoms with Crippen molar-refractivity contribution in [3.05, 3.63) is 23.8 Å². The molecule has 0 amide bonds. The summed E-state index contributed by atoms with van der Waals surface area (Å²) in [5.74, 6) is -0.763. The van der Waals surface area contributed by atoms with Crippen LogP contribution in [0.2, 0.25) is 0 Å². The Hall–Kier alpha value is -1.71. The van der Waals surface area contributed by atoms with Crippen molar-refractivity contribution in [3.8, 4) is 11.5 Å². The number of aromatic hydroxyl groups is 2. The predicted molar refractivity (Wildman–Crippen MR) is 52.9 cm³/mol. The first kappa shape index (κ1) is 9.83. The van der Waals surface area contributed by atoms with Crippen molar-refractivity contribution in [2.75, 3.05) is 0 Å². The third-order valence-corrected chi connectivity index (χ3v) is 2.89. The molecular formula is C11H12O4. The average Bonchev–Trinajstić information content (AvgIpc) is 2.89. The molecule has 1 aliphatic rings. The Morgan fingerprint density at radius 3 is 2.53 bits per heavy atom. The molecule has 0 unspecified atom stereocenters. The summed E-state index contributed by atoms with van der Waals surface area (Å²) in [6.45, 7) is 0. The highest BCUT2D eigenvalue weighted by Gasteiger charge is 2.47. The van der Waals surface area contributed by atoms with Crippen molar-refractivity contribution in [1.82, 2.24) is 0 Å². The zero-order valence-electron chi connectivity index (χ0n) is 8.10. The van der Waals surface area contributed by atoms with Gasteiger partial charge in [0.2, 0.25) is 0 Å². The first-order valence-electron chi connectivity index (χ1n) is 4.78. The fourth-order valence-corrected chi connectivity index (χ4v) is 1.93. The van der Waals surface area contributed by atoms with Crippen LogP contribution in [0, 0.1) is 0 Å². The second-order valence-corrected chi connectivity index (χ2v) is 4.05. The first-order chi connectivity index (χ1) is 7.03. The van der Waals surface area contributed by atoms with E-state index in [9.17, 15) is 15.0 Å². The highest BCUT2D eigenvalue weighted by Crippen LogP contribution is 2.54. The van der Waals surface area contributed by atoms with Crippen LogP contribution >= 0.6 is 0 Å². The second kappa shape index (κ2) is 3.15. The minimum atomic E-state index is -0.879.